The van der Waals surface area contributed by atoms with E-state index in [2.05, 4.69) is 5.32 Å². The minimum absolute atomic E-state index is 0.0756. The molecule has 1 aliphatic heterocycles. The largest absolute Gasteiger partial charge is 0.378 e. The number of ether oxygens (including phenoxy) is 1. The van der Waals surface area contributed by atoms with Gasteiger partial charge in [0, 0.05) is 13.1 Å². The van der Waals surface area contributed by atoms with Crippen molar-refractivity contribution in [1.82, 2.24) is 15.3 Å². The summed E-state index contributed by atoms with van der Waals surface area (Å²) in [4.78, 5) is 36.8. The normalized spacial score (nSPS) is 17.3. The molecule has 1 fully saturated rings. The number of hydrogen-bond donors (Lipinski definition) is 2. The van der Waals surface area contributed by atoms with Crippen molar-refractivity contribution < 1.29 is 24.3 Å². The summed E-state index contributed by atoms with van der Waals surface area (Å²) in [7, 11) is 0. The van der Waals surface area contributed by atoms with Gasteiger partial charge in [0.2, 0.25) is 18.2 Å². The van der Waals surface area contributed by atoms with Crippen LogP contribution in [-0.2, 0) is 19.1 Å². The SMILES string of the molecule is CCCCC(CN(O)C=O)C(=O)NC(C)C(=O)N1CCOCC1. The lowest BCUT2D eigenvalue weighted by molar-refractivity contribution is -0.155. The quantitative estimate of drug-likeness (QED) is 0.352. The fourth-order valence-electron chi connectivity index (χ4n) is 2.48. The number of morpholine rings is 1. The molecule has 1 aliphatic rings. The molecule has 1 saturated heterocycles. The number of nitrogens with zero attached hydrogens (tertiary/aromatic N) is 2. The first-order valence-corrected chi connectivity index (χ1v) is 8.07. The van der Waals surface area contributed by atoms with Crippen LogP contribution in [-0.4, -0.2) is 72.3 Å². The highest BCUT2D eigenvalue weighted by atomic mass is 16.5. The molecule has 0 aliphatic carbocycles. The highest BCUT2D eigenvalue weighted by molar-refractivity contribution is 5.88. The van der Waals surface area contributed by atoms with Crippen molar-refractivity contribution in [2.24, 2.45) is 5.92 Å². The van der Waals surface area contributed by atoms with Gasteiger partial charge in [-0.3, -0.25) is 19.6 Å². The van der Waals surface area contributed by atoms with E-state index < -0.39 is 12.0 Å². The van der Waals surface area contributed by atoms with E-state index in [4.69, 9.17) is 4.74 Å². The van der Waals surface area contributed by atoms with Gasteiger partial charge in [-0.2, -0.15) is 0 Å². The van der Waals surface area contributed by atoms with Crippen LogP contribution in [0.3, 0.4) is 0 Å². The Hall–Kier alpha value is -1.67. The summed E-state index contributed by atoms with van der Waals surface area (Å²) in [5, 5.41) is 12.5. The van der Waals surface area contributed by atoms with Crippen molar-refractivity contribution in [3.63, 3.8) is 0 Å². The summed E-state index contributed by atoms with van der Waals surface area (Å²) >= 11 is 0. The zero-order valence-electron chi connectivity index (χ0n) is 13.9. The van der Waals surface area contributed by atoms with E-state index in [9.17, 15) is 19.6 Å². The third kappa shape index (κ3) is 6.54. The molecule has 23 heavy (non-hydrogen) atoms. The molecule has 0 aromatic rings. The van der Waals surface area contributed by atoms with Crippen LogP contribution in [0, 0.1) is 5.92 Å². The van der Waals surface area contributed by atoms with E-state index >= 15 is 0 Å². The maximum Gasteiger partial charge on any atom is 0.245 e. The Morgan fingerprint density at radius 3 is 2.61 bits per heavy atom. The highest BCUT2D eigenvalue weighted by Gasteiger charge is 2.27. The van der Waals surface area contributed by atoms with Crippen molar-refractivity contribution in [1.29, 1.82) is 0 Å². The summed E-state index contributed by atoms with van der Waals surface area (Å²) in [6.07, 6.45) is 2.52. The Morgan fingerprint density at radius 1 is 1.39 bits per heavy atom. The lowest BCUT2D eigenvalue weighted by atomic mass is 10.0. The number of amides is 3. The Balaban J connectivity index is 2.56. The Bertz CT molecular complexity index is 399. The molecule has 2 atom stereocenters. The first-order chi connectivity index (χ1) is 11.0. The average molecular weight is 329 g/mol. The summed E-state index contributed by atoms with van der Waals surface area (Å²) in [5.74, 6) is -1.01. The van der Waals surface area contributed by atoms with E-state index in [0.717, 1.165) is 12.8 Å². The van der Waals surface area contributed by atoms with Crippen molar-refractivity contribution in [2.75, 3.05) is 32.8 Å². The van der Waals surface area contributed by atoms with Gasteiger partial charge in [0.25, 0.3) is 0 Å². The molecule has 0 bridgehead atoms. The van der Waals surface area contributed by atoms with Crippen molar-refractivity contribution in [3.05, 3.63) is 0 Å². The van der Waals surface area contributed by atoms with Gasteiger partial charge in [0.15, 0.2) is 0 Å². The molecule has 2 unspecified atom stereocenters. The second-order valence-electron chi connectivity index (χ2n) is 5.73. The van der Waals surface area contributed by atoms with Crippen LogP contribution in [0.4, 0.5) is 0 Å². The predicted molar refractivity (Wildman–Crippen MR) is 82.6 cm³/mol. The molecule has 0 aromatic carbocycles. The lowest BCUT2D eigenvalue weighted by Crippen LogP contribution is -2.52. The molecule has 3 amide bonds. The zero-order chi connectivity index (χ0) is 17.2. The lowest BCUT2D eigenvalue weighted by Gasteiger charge is -2.30. The van der Waals surface area contributed by atoms with Gasteiger partial charge in [0.05, 0.1) is 25.7 Å². The molecule has 132 valence electrons. The number of hydroxylamine groups is 2. The van der Waals surface area contributed by atoms with Crippen molar-refractivity contribution in [2.45, 2.75) is 39.2 Å². The topological polar surface area (TPSA) is 99.2 Å². The third-order valence-corrected chi connectivity index (χ3v) is 3.86. The van der Waals surface area contributed by atoms with E-state index in [-0.39, 0.29) is 24.8 Å². The molecular weight excluding hydrogens is 302 g/mol. The number of unbranched alkanes of at least 4 members (excludes halogenated alkanes) is 1. The molecule has 2 N–H and O–H groups in total. The van der Waals surface area contributed by atoms with Crippen LogP contribution in [0.15, 0.2) is 0 Å². The highest BCUT2D eigenvalue weighted by Crippen LogP contribution is 2.11. The maximum absolute atomic E-state index is 12.3. The van der Waals surface area contributed by atoms with Crippen molar-refractivity contribution >= 4 is 18.2 Å². The van der Waals surface area contributed by atoms with Gasteiger partial charge in [-0.25, -0.2) is 5.06 Å². The molecule has 8 heteroatoms. The molecule has 0 aromatic heterocycles. The molecule has 1 rings (SSSR count). The van der Waals surface area contributed by atoms with Gasteiger partial charge in [-0.15, -0.1) is 0 Å². The Labute approximate surface area is 136 Å². The van der Waals surface area contributed by atoms with Crippen LogP contribution in [0.5, 0.6) is 0 Å². The van der Waals surface area contributed by atoms with E-state index in [1.54, 1.807) is 11.8 Å². The molecule has 8 nitrogen and oxygen atoms in total. The summed E-state index contributed by atoms with van der Waals surface area (Å²) in [5.41, 5.74) is 0. The maximum atomic E-state index is 12.3. The number of carbonyl (C=O) groups is 3. The molecule has 1 heterocycles. The predicted octanol–water partition coefficient (Wildman–Crippen LogP) is 0.00390. The smallest absolute Gasteiger partial charge is 0.245 e. The average Bonchev–Trinajstić information content (AvgIpc) is 2.58. The fourth-order valence-corrected chi connectivity index (χ4v) is 2.48. The number of rotatable bonds is 9. The minimum Gasteiger partial charge on any atom is -0.378 e. The molecule has 0 radical (unpaired) electrons. The van der Waals surface area contributed by atoms with Crippen molar-refractivity contribution in [3.8, 4) is 0 Å². The van der Waals surface area contributed by atoms with E-state index in [1.165, 1.54) is 0 Å². The monoisotopic (exact) mass is 329 g/mol. The standard InChI is InChI=1S/C15H27N3O5/c1-3-4-5-13(10-18(22)11-19)14(20)16-12(2)15(21)17-6-8-23-9-7-17/h11-13,22H,3-10H2,1-2H3,(H,16,20). The van der Waals surface area contributed by atoms with Crippen LogP contribution in [0.25, 0.3) is 0 Å². The summed E-state index contributed by atoms with van der Waals surface area (Å²) < 4.78 is 5.20. The number of carbonyl (C=O) groups excluding carboxylic acids is 3. The van der Waals surface area contributed by atoms with E-state index in [1.807, 2.05) is 6.92 Å². The molecule has 0 saturated carbocycles. The second-order valence-corrected chi connectivity index (χ2v) is 5.73. The zero-order valence-corrected chi connectivity index (χ0v) is 13.9. The van der Waals surface area contributed by atoms with Gasteiger partial charge in [-0.05, 0) is 13.3 Å². The second kappa shape index (κ2) is 10.2. The van der Waals surface area contributed by atoms with Crippen LogP contribution < -0.4 is 5.32 Å². The molecular formula is C15H27N3O5. The van der Waals surface area contributed by atoms with Crippen LogP contribution in [0.2, 0.25) is 0 Å². The van der Waals surface area contributed by atoms with Gasteiger partial charge in [0.1, 0.15) is 6.04 Å². The third-order valence-electron chi connectivity index (χ3n) is 3.86. The fraction of sp³-hybridized carbons (Fsp3) is 0.800. The number of hydrogen-bond acceptors (Lipinski definition) is 5. The van der Waals surface area contributed by atoms with Gasteiger partial charge >= 0.3 is 0 Å². The minimum atomic E-state index is -0.645. The van der Waals surface area contributed by atoms with Gasteiger partial charge < -0.3 is 15.0 Å². The van der Waals surface area contributed by atoms with E-state index in [0.29, 0.717) is 37.8 Å². The summed E-state index contributed by atoms with van der Waals surface area (Å²) in [6.45, 7) is 5.61. The Kier molecular flexibility index (Phi) is 8.57. The molecule has 0 spiro atoms. The first-order valence-electron chi connectivity index (χ1n) is 8.07. The Morgan fingerprint density at radius 2 is 2.04 bits per heavy atom. The summed E-state index contributed by atoms with van der Waals surface area (Å²) in [6, 6.07) is -0.645. The first kappa shape index (κ1) is 19.4. The van der Waals surface area contributed by atoms with Crippen LogP contribution >= 0.6 is 0 Å². The number of nitrogens with one attached hydrogen (secondary N) is 1. The van der Waals surface area contributed by atoms with Gasteiger partial charge in [-0.1, -0.05) is 19.8 Å². The van der Waals surface area contributed by atoms with Crippen LogP contribution in [0.1, 0.15) is 33.1 Å².